The zero-order valence-electron chi connectivity index (χ0n) is 14.5. The van der Waals surface area contributed by atoms with E-state index in [1.165, 1.54) is 31.0 Å². The molecule has 1 aromatic carbocycles. The summed E-state index contributed by atoms with van der Waals surface area (Å²) in [6.45, 7) is 0.950. The lowest BCUT2D eigenvalue weighted by atomic mass is 10.1. The lowest BCUT2D eigenvalue weighted by Gasteiger charge is -2.21. The Balaban J connectivity index is 2.05. The Morgan fingerprint density at radius 2 is 1.74 bits per heavy atom. The minimum absolute atomic E-state index is 0.0429. The van der Waals surface area contributed by atoms with Crippen LogP contribution >= 0.6 is 23.2 Å². The molecule has 10 heteroatoms. The van der Waals surface area contributed by atoms with E-state index in [9.17, 15) is 19.2 Å². The number of benzene rings is 1. The number of likely N-dealkylation sites (N-methyl/N-ethyl adjacent to an activating group) is 1. The molecule has 0 N–H and O–H groups in total. The van der Waals surface area contributed by atoms with Crippen LogP contribution in [0.1, 0.15) is 34.1 Å². The molecule has 0 saturated heterocycles. The third kappa shape index (κ3) is 4.21. The van der Waals surface area contributed by atoms with Crippen molar-refractivity contribution in [2.24, 2.45) is 0 Å². The van der Waals surface area contributed by atoms with Crippen LogP contribution in [0.25, 0.3) is 0 Å². The molecule has 1 aliphatic rings. The molecule has 0 unspecified atom stereocenters. The largest absolute Gasteiger partial charge is 0.454 e. The summed E-state index contributed by atoms with van der Waals surface area (Å²) in [5.41, 5.74) is 0.0859. The Morgan fingerprint density at radius 1 is 1.22 bits per heavy atom. The molecule has 1 aromatic rings. The summed E-state index contributed by atoms with van der Waals surface area (Å²) < 4.78 is 4.91. The van der Waals surface area contributed by atoms with E-state index in [1.54, 1.807) is 0 Å². The van der Waals surface area contributed by atoms with Crippen molar-refractivity contribution in [2.75, 3.05) is 20.2 Å². The molecule has 1 atom stereocenters. The van der Waals surface area contributed by atoms with Gasteiger partial charge in [-0.25, -0.2) is 4.79 Å². The molecule has 2 rings (SSSR count). The van der Waals surface area contributed by atoms with Gasteiger partial charge in [0.15, 0.2) is 6.61 Å². The second-order valence-electron chi connectivity index (χ2n) is 5.80. The monoisotopic (exact) mass is 411 g/mol. The number of imide groups is 1. The van der Waals surface area contributed by atoms with Gasteiger partial charge in [-0.2, -0.15) is 5.26 Å². The molecular weight excluding hydrogens is 397 g/mol. The van der Waals surface area contributed by atoms with Crippen molar-refractivity contribution >= 4 is 46.9 Å². The Labute approximate surface area is 165 Å². The molecule has 3 amide bonds. The Hall–Kier alpha value is -2.63. The number of hydrogen-bond donors (Lipinski definition) is 0. The van der Waals surface area contributed by atoms with E-state index < -0.39 is 36.3 Å². The smallest absolute Gasteiger partial charge is 0.329 e. The highest BCUT2D eigenvalue weighted by atomic mass is 35.5. The number of nitriles is 1. The van der Waals surface area contributed by atoms with Crippen molar-refractivity contribution in [3.63, 3.8) is 0 Å². The maximum Gasteiger partial charge on any atom is 0.329 e. The maximum atomic E-state index is 12.5. The highest BCUT2D eigenvalue weighted by molar-refractivity contribution is 6.43. The first-order valence-corrected chi connectivity index (χ1v) is 8.59. The fraction of sp³-hybridized carbons (Fsp3) is 0.353. The predicted molar refractivity (Wildman–Crippen MR) is 95.3 cm³/mol. The van der Waals surface area contributed by atoms with E-state index in [0.717, 1.165) is 4.90 Å². The van der Waals surface area contributed by atoms with Crippen LogP contribution < -0.4 is 0 Å². The molecule has 1 aliphatic heterocycles. The van der Waals surface area contributed by atoms with E-state index in [2.05, 4.69) is 0 Å². The molecule has 8 nitrogen and oxygen atoms in total. The Morgan fingerprint density at radius 3 is 2.22 bits per heavy atom. The number of nitrogens with zero attached hydrogens (tertiary/aromatic N) is 3. The number of fused-ring (bicyclic) bond motifs is 1. The molecule has 0 spiro atoms. The third-order valence-corrected chi connectivity index (χ3v) is 4.73. The Kier molecular flexibility index (Phi) is 6.41. The van der Waals surface area contributed by atoms with Gasteiger partial charge in [0.25, 0.3) is 17.7 Å². The van der Waals surface area contributed by atoms with Crippen molar-refractivity contribution in [2.45, 2.75) is 19.4 Å². The van der Waals surface area contributed by atoms with Gasteiger partial charge in [0.05, 0.1) is 33.7 Å². The zero-order chi connectivity index (χ0) is 20.3. The zero-order valence-corrected chi connectivity index (χ0v) is 16.0. The molecule has 0 bridgehead atoms. The first kappa shape index (κ1) is 20.7. The second kappa shape index (κ2) is 8.37. The average Bonchev–Trinajstić information content (AvgIpc) is 2.87. The summed E-state index contributed by atoms with van der Waals surface area (Å²) in [5, 5.41) is 8.73. The van der Waals surface area contributed by atoms with Crippen molar-refractivity contribution in [1.29, 1.82) is 5.26 Å². The molecule has 142 valence electrons. The summed E-state index contributed by atoms with van der Waals surface area (Å²) in [4.78, 5) is 51.0. The standard InChI is InChI=1S/C17H15Cl2N3O5/c1-9(17(26)27-8-14(23)21(2)5-3-4-20)22-15(24)10-6-12(18)13(19)7-11(10)16(22)25/h6-7,9H,3,5,8H2,1-2H3/t9-/m0/s1. The van der Waals surface area contributed by atoms with E-state index in [-0.39, 0.29) is 34.1 Å². The van der Waals surface area contributed by atoms with Crippen molar-refractivity contribution in [3.05, 3.63) is 33.3 Å². The van der Waals surface area contributed by atoms with Crippen LogP contribution in [0.4, 0.5) is 0 Å². The fourth-order valence-electron chi connectivity index (χ4n) is 2.42. The minimum Gasteiger partial charge on any atom is -0.454 e. The predicted octanol–water partition coefficient (Wildman–Crippen LogP) is 1.89. The van der Waals surface area contributed by atoms with Crippen LogP contribution in [-0.4, -0.2) is 59.7 Å². The first-order chi connectivity index (χ1) is 12.7. The molecular formula is C17H15Cl2N3O5. The summed E-state index contributed by atoms with van der Waals surface area (Å²) in [6, 6.07) is 3.19. The van der Waals surface area contributed by atoms with Crippen molar-refractivity contribution in [1.82, 2.24) is 9.80 Å². The van der Waals surface area contributed by atoms with Gasteiger partial charge < -0.3 is 9.64 Å². The van der Waals surface area contributed by atoms with E-state index in [0.29, 0.717) is 0 Å². The van der Waals surface area contributed by atoms with Crippen molar-refractivity contribution in [3.8, 4) is 6.07 Å². The average molecular weight is 412 g/mol. The Bertz CT molecular complexity index is 824. The highest BCUT2D eigenvalue weighted by Crippen LogP contribution is 2.32. The first-order valence-electron chi connectivity index (χ1n) is 7.83. The molecule has 0 aromatic heterocycles. The van der Waals surface area contributed by atoms with Gasteiger partial charge >= 0.3 is 5.97 Å². The number of carbonyl (C=O) groups is 4. The number of esters is 1. The van der Waals surface area contributed by atoms with Crippen LogP contribution in [0.15, 0.2) is 12.1 Å². The van der Waals surface area contributed by atoms with Crippen LogP contribution in [0.3, 0.4) is 0 Å². The summed E-state index contributed by atoms with van der Waals surface area (Å²) in [6.07, 6.45) is 0.146. The SMILES string of the molecule is C[C@@H](C(=O)OCC(=O)N(C)CCC#N)N1C(=O)c2cc(Cl)c(Cl)cc2C1=O. The summed E-state index contributed by atoms with van der Waals surface area (Å²) in [7, 11) is 1.47. The second-order valence-corrected chi connectivity index (χ2v) is 6.61. The molecule has 1 heterocycles. The fourth-order valence-corrected chi connectivity index (χ4v) is 2.74. The van der Waals surface area contributed by atoms with Gasteiger partial charge in [-0.05, 0) is 19.1 Å². The molecule has 0 radical (unpaired) electrons. The molecule has 27 heavy (non-hydrogen) atoms. The number of halogens is 2. The number of ether oxygens (including phenoxy) is 1. The van der Waals surface area contributed by atoms with E-state index in [4.69, 9.17) is 33.2 Å². The minimum atomic E-state index is -1.24. The summed E-state index contributed by atoms with van der Waals surface area (Å²) >= 11 is 11.8. The number of carbonyl (C=O) groups excluding carboxylic acids is 4. The lowest BCUT2D eigenvalue weighted by Crippen LogP contribution is -2.44. The molecule has 0 fully saturated rings. The van der Waals surface area contributed by atoms with E-state index >= 15 is 0 Å². The van der Waals surface area contributed by atoms with Crippen LogP contribution in [-0.2, 0) is 14.3 Å². The van der Waals surface area contributed by atoms with Crippen LogP contribution in [0.2, 0.25) is 10.0 Å². The number of amides is 3. The van der Waals surface area contributed by atoms with Gasteiger partial charge in [-0.1, -0.05) is 23.2 Å². The third-order valence-electron chi connectivity index (χ3n) is 4.01. The van der Waals surface area contributed by atoms with Crippen LogP contribution in [0, 0.1) is 11.3 Å². The number of rotatable bonds is 6. The van der Waals surface area contributed by atoms with Crippen LogP contribution in [0.5, 0.6) is 0 Å². The lowest BCUT2D eigenvalue weighted by molar-refractivity contribution is -0.154. The molecule has 0 aliphatic carbocycles. The number of hydrogen-bond acceptors (Lipinski definition) is 6. The van der Waals surface area contributed by atoms with Gasteiger partial charge in [-0.15, -0.1) is 0 Å². The van der Waals surface area contributed by atoms with Gasteiger partial charge in [-0.3, -0.25) is 19.3 Å². The van der Waals surface area contributed by atoms with Gasteiger partial charge in [0, 0.05) is 13.6 Å². The van der Waals surface area contributed by atoms with Gasteiger partial charge in [0.2, 0.25) is 0 Å². The topological polar surface area (TPSA) is 108 Å². The highest BCUT2D eigenvalue weighted by Gasteiger charge is 2.42. The van der Waals surface area contributed by atoms with Gasteiger partial charge in [0.1, 0.15) is 6.04 Å². The maximum absolute atomic E-state index is 12.5. The quantitative estimate of drug-likeness (QED) is 0.522. The van der Waals surface area contributed by atoms with E-state index in [1.807, 2.05) is 6.07 Å². The van der Waals surface area contributed by atoms with Crippen molar-refractivity contribution < 1.29 is 23.9 Å². The summed E-state index contributed by atoms with van der Waals surface area (Å²) in [5.74, 6) is -2.82. The molecule has 0 saturated carbocycles. The normalized spacial score (nSPS) is 13.8.